The quantitative estimate of drug-likeness (QED) is 0.167. The summed E-state index contributed by atoms with van der Waals surface area (Å²) in [6.07, 6.45) is -0.169. The number of piperidine rings is 1. The lowest BCUT2D eigenvalue weighted by atomic mass is 9.91. The van der Waals surface area contributed by atoms with Gasteiger partial charge in [-0.2, -0.15) is 13.9 Å². The van der Waals surface area contributed by atoms with Crippen LogP contribution in [0, 0.1) is 6.92 Å². The average molecular weight is 753 g/mol. The lowest BCUT2D eigenvalue weighted by Crippen LogP contribution is -2.62. The summed E-state index contributed by atoms with van der Waals surface area (Å²) in [5.41, 5.74) is 4.22. The number of methoxy groups -OCH3 is 1. The number of pyridine rings is 1. The number of rotatable bonds is 8. The molecule has 1 atom stereocenters. The number of alkyl halides is 2. The topological polar surface area (TPSA) is 123 Å². The van der Waals surface area contributed by atoms with E-state index in [4.69, 9.17) is 31.0 Å². The minimum atomic E-state index is -2.84. The van der Waals surface area contributed by atoms with Crippen LogP contribution < -0.4 is 0 Å². The van der Waals surface area contributed by atoms with Crippen LogP contribution in [0.4, 0.5) is 13.6 Å². The van der Waals surface area contributed by atoms with Crippen molar-refractivity contribution in [2.45, 2.75) is 70.8 Å². The highest BCUT2D eigenvalue weighted by atomic mass is 35.5. The molecule has 11 nitrogen and oxygen atoms in total. The first-order valence-electron chi connectivity index (χ1n) is 17.1. The number of nitrogens with zero attached hydrogens (tertiary/aromatic N) is 6. The van der Waals surface area contributed by atoms with Crippen LogP contribution in [0.1, 0.15) is 69.0 Å². The smallest absolute Gasteiger partial charge is 0.409 e. The summed E-state index contributed by atoms with van der Waals surface area (Å²) in [6, 6.07) is 12.6. The number of hydrogen-bond acceptors (Lipinski definition) is 9. The summed E-state index contributed by atoms with van der Waals surface area (Å²) in [5.74, 6) is -1.19. The van der Waals surface area contributed by atoms with Crippen LogP contribution >= 0.6 is 22.9 Å². The molecule has 2 fully saturated rings. The van der Waals surface area contributed by atoms with E-state index in [-0.39, 0.29) is 23.6 Å². The number of halogens is 3. The Morgan fingerprint density at radius 3 is 2.37 bits per heavy atom. The number of carbonyl (C=O) groups excluding carboxylic acids is 1. The van der Waals surface area contributed by atoms with E-state index in [1.165, 1.54) is 18.4 Å². The first kappa shape index (κ1) is 36.1. The normalized spacial score (nSPS) is 16.9. The SMILES string of the molecule is COC(=O)N1CC(N2CCC(c3nn(C(F)F)c4ccc(-c5nc6cc(C)c([C@H](OC(C)(C)C)C(=O)O)c(-c7ccc(Cl)cc7)c6s5)nc34)CC2)C1. The molecule has 0 bridgehead atoms. The monoisotopic (exact) mass is 752 g/mol. The van der Waals surface area contributed by atoms with E-state index in [0.29, 0.717) is 75.1 Å². The highest BCUT2D eigenvalue weighted by Gasteiger charge is 2.38. The zero-order valence-corrected chi connectivity index (χ0v) is 31.0. The first-order valence-corrected chi connectivity index (χ1v) is 18.3. The van der Waals surface area contributed by atoms with Crippen molar-refractivity contribution >= 4 is 56.3 Å². The third kappa shape index (κ3) is 6.84. The fraction of sp³-hybridized carbons (Fsp3) is 0.432. The second kappa shape index (κ2) is 14.0. The van der Waals surface area contributed by atoms with Crippen LogP contribution in [0.3, 0.4) is 0 Å². The number of hydrogen-bond donors (Lipinski definition) is 1. The number of benzene rings is 2. The van der Waals surface area contributed by atoms with Gasteiger partial charge in [0, 0.05) is 41.2 Å². The molecule has 0 saturated carbocycles. The van der Waals surface area contributed by atoms with Crippen molar-refractivity contribution in [2.75, 3.05) is 33.3 Å². The largest absolute Gasteiger partial charge is 0.479 e. The second-order valence-corrected chi connectivity index (χ2v) is 15.8. The Morgan fingerprint density at radius 2 is 1.75 bits per heavy atom. The van der Waals surface area contributed by atoms with Gasteiger partial charge in [0.25, 0.3) is 0 Å². The molecular formula is C37H39ClF2N6O5S. The molecule has 1 amide bonds. The van der Waals surface area contributed by atoms with Gasteiger partial charge >= 0.3 is 18.6 Å². The molecular weight excluding hydrogens is 714 g/mol. The molecule has 2 aromatic carbocycles. The van der Waals surface area contributed by atoms with E-state index in [1.54, 1.807) is 29.2 Å². The molecule has 15 heteroatoms. The lowest BCUT2D eigenvalue weighted by Gasteiger charge is -2.46. The van der Waals surface area contributed by atoms with Crippen LogP contribution in [0.2, 0.25) is 5.02 Å². The van der Waals surface area contributed by atoms with Crippen molar-refractivity contribution in [1.29, 1.82) is 0 Å². The second-order valence-electron chi connectivity index (χ2n) is 14.3. The van der Waals surface area contributed by atoms with Gasteiger partial charge in [0.05, 0.1) is 39.8 Å². The van der Waals surface area contributed by atoms with E-state index in [9.17, 15) is 23.5 Å². The Labute approximate surface area is 308 Å². The molecule has 5 aromatic rings. The van der Waals surface area contributed by atoms with E-state index in [2.05, 4.69) is 10.00 Å². The van der Waals surface area contributed by atoms with Crippen LogP contribution in [-0.4, -0.2) is 91.6 Å². The molecule has 274 valence electrons. The van der Waals surface area contributed by atoms with Gasteiger partial charge in [-0.3, -0.25) is 4.90 Å². The predicted octanol–water partition coefficient (Wildman–Crippen LogP) is 8.30. The Morgan fingerprint density at radius 1 is 1.06 bits per heavy atom. The molecule has 2 aliphatic rings. The minimum Gasteiger partial charge on any atom is -0.479 e. The average Bonchev–Trinajstić information content (AvgIpc) is 3.68. The maximum atomic E-state index is 14.3. The fourth-order valence-corrected chi connectivity index (χ4v) is 8.46. The van der Waals surface area contributed by atoms with Crippen LogP contribution in [0.25, 0.3) is 43.1 Å². The molecule has 0 radical (unpaired) electrons. The summed E-state index contributed by atoms with van der Waals surface area (Å²) in [7, 11) is 1.37. The Hall–Kier alpha value is -4.24. The minimum absolute atomic E-state index is 0.0777. The van der Waals surface area contributed by atoms with E-state index < -0.39 is 24.2 Å². The van der Waals surface area contributed by atoms with E-state index >= 15 is 0 Å². The van der Waals surface area contributed by atoms with E-state index in [0.717, 1.165) is 28.0 Å². The molecule has 1 N–H and O–H groups in total. The van der Waals surface area contributed by atoms with Crippen LogP contribution in [0.15, 0.2) is 42.5 Å². The number of amides is 1. The Bertz CT molecular complexity index is 2150. The molecule has 3 aromatic heterocycles. The Kier molecular flexibility index (Phi) is 9.70. The standard InChI is InChI=1S/C37H39ClF2N6O5S/c1-19-16-25-32(28(20-6-8-22(38)9-7-20)27(19)31(34(47)48)51-37(2,3)4)52-33(42-25)24-10-11-26-30(41-24)29(43-46(26)35(39)40)21-12-14-44(15-13-21)23-17-45(18-23)36(49)50-5/h6-11,16,21,23,31,35H,12-15,17-18H2,1-5H3,(H,47,48)/t31-/m0/s1. The van der Waals surface area contributed by atoms with Crippen LogP contribution in [-0.2, 0) is 14.3 Å². The van der Waals surface area contributed by atoms with Gasteiger partial charge in [0.1, 0.15) is 10.5 Å². The number of fused-ring (bicyclic) bond motifs is 2. The number of aryl methyl sites for hydroxylation is 1. The van der Waals surface area contributed by atoms with E-state index in [1.807, 2.05) is 45.9 Å². The highest BCUT2D eigenvalue weighted by molar-refractivity contribution is 7.22. The van der Waals surface area contributed by atoms with Gasteiger partial charge in [0.15, 0.2) is 6.10 Å². The summed E-state index contributed by atoms with van der Waals surface area (Å²) >= 11 is 7.60. The molecule has 2 aliphatic heterocycles. The number of ether oxygens (including phenoxy) is 2. The molecule has 0 unspecified atom stereocenters. The molecule has 52 heavy (non-hydrogen) atoms. The molecule has 0 spiro atoms. The predicted molar refractivity (Wildman–Crippen MR) is 195 cm³/mol. The van der Waals surface area contributed by atoms with Crippen molar-refractivity contribution in [1.82, 2.24) is 29.5 Å². The number of carboxylic acid groups (broad SMARTS) is 1. The number of likely N-dealkylation sites (tertiary alicyclic amines) is 2. The number of aromatic nitrogens is 4. The maximum Gasteiger partial charge on any atom is 0.409 e. The van der Waals surface area contributed by atoms with Gasteiger partial charge < -0.3 is 19.5 Å². The van der Waals surface area contributed by atoms with Crippen molar-refractivity contribution in [3.8, 4) is 21.8 Å². The fourth-order valence-electron chi connectivity index (χ4n) is 7.24. The van der Waals surface area contributed by atoms with Crippen molar-refractivity contribution in [3.63, 3.8) is 0 Å². The zero-order valence-electron chi connectivity index (χ0n) is 29.4. The maximum absolute atomic E-state index is 14.3. The summed E-state index contributed by atoms with van der Waals surface area (Å²) in [6.45, 7) is 7.15. The molecule has 7 rings (SSSR count). The third-order valence-corrected chi connectivity index (χ3v) is 11.1. The Balaban J connectivity index is 1.28. The summed E-state index contributed by atoms with van der Waals surface area (Å²) in [5, 5.41) is 15.9. The highest BCUT2D eigenvalue weighted by Crippen LogP contribution is 2.45. The van der Waals surface area contributed by atoms with Gasteiger partial charge in [-0.1, -0.05) is 23.7 Å². The number of carbonyl (C=O) groups is 2. The van der Waals surface area contributed by atoms with Crippen molar-refractivity contribution in [2.24, 2.45) is 0 Å². The van der Waals surface area contributed by atoms with Gasteiger partial charge in [0.2, 0.25) is 0 Å². The van der Waals surface area contributed by atoms with Gasteiger partial charge in [-0.15, -0.1) is 11.3 Å². The molecule has 0 aliphatic carbocycles. The molecule has 5 heterocycles. The van der Waals surface area contributed by atoms with Crippen molar-refractivity contribution in [3.05, 3.63) is 64.3 Å². The molecule has 2 saturated heterocycles. The number of thiazole rings is 1. The van der Waals surface area contributed by atoms with Crippen molar-refractivity contribution < 1.29 is 33.0 Å². The summed E-state index contributed by atoms with van der Waals surface area (Å²) in [4.78, 5) is 38.4. The summed E-state index contributed by atoms with van der Waals surface area (Å²) < 4.78 is 41.0. The number of aliphatic carboxylic acids is 1. The number of carboxylic acids is 1. The van der Waals surface area contributed by atoms with Crippen LogP contribution in [0.5, 0.6) is 0 Å². The lowest BCUT2D eigenvalue weighted by molar-refractivity contribution is -0.160. The third-order valence-electron chi connectivity index (χ3n) is 9.73. The first-order chi connectivity index (χ1) is 24.7. The van der Waals surface area contributed by atoms with Gasteiger partial charge in [-0.05, 0) is 95.1 Å². The zero-order chi connectivity index (χ0) is 37.1. The van der Waals surface area contributed by atoms with Gasteiger partial charge in [-0.25, -0.2) is 24.2 Å².